The number of thiazole rings is 1. The summed E-state index contributed by atoms with van der Waals surface area (Å²) in [7, 11) is 0. The summed E-state index contributed by atoms with van der Waals surface area (Å²) < 4.78 is 10.7. The lowest BCUT2D eigenvalue weighted by Gasteiger charge is -2.20. The maximum absolute atomic E-state index is 12.6. The molecule has 3 heterocycles. The highest BCUT2D eigenvalue weighted by atomic mass is 32.1. The first-order valence-corrected chi connectivity index (χ1v) is 10.1. The van der Waals surface area contributed by atoms with E-state index in [1.807, 2.05) is 23.6 Å². The predicted molar refractivity (Wildman–Crippen MR) is 104 cm³/mol. The molecule has 2 fully saturated rings. The van der Waals surface area contributed by atoms with Gasteiger partial charge in [-0.25, -0.2) is 9.78 Å². The zero-order chi connectivity index (χ0) is 20.2. The standard InChI is InChI=1S/C19H18N4O5S/c1-19(11-3-4-11)16(25)23(18(26)22-19)7-15(24)21-17-20-12(8-29-17)10-2-5-13-14(6-10)28-9-27-13/h2,5-6,8,11H,3-4,7,9H2,1H3,(H,22,26)(H,20,21,24)/t19-/m0/s1. The number of benzene rings is 1. The molecule has 1 aliphatic carbocycles. The van der Waals surface area contributed by atoms with Gasteiger partial charge in [0, 0.05) is 10.9 Å². The minimum atomic E-state index is -0.898. The van der Waals surface area contributed by atoms with Crippen LogP contribution in [0.5, 0.6) is 11.5 Å². The van der Waals surface area contributed by atoms with Crippen molar-refractivity contribution in [2.75, 3.05) is 18.7 Å². The van der Waals surface area contributed by atoms with Gasteiger partial charge in [0.2, 0.25) is 12.7 Å². The molecule has 29 heavy (non-hydrogen) atoms. The maximum Gasteiger partial charge on any atom is 0.325 e. The molecule has 4 amide bonds. The Hall–Kier alpha value is -3.14. The Balaban J connectivity index is 1.25. The normalized spacial score (nSPS) is 22.7. The number of nitrogens with one attached hydrogen (secondary N) is 2. The molecular weight excluding hydrogens is 396 g/mol. The van der Waals surface area contributed by atoms with Gasteiger partial charge in [0.1, 0.15) is 12.1 Å². The second-order valence-corrected chi connectivity index (χ2v) is 8.31. The van der Waals surface area contributed by atoms with Gasteiger partial charge in [-0.1, -0.05) is 0 Å². The lowest BCUT2D eigenvalue weighted by atomic mass is 9.96. The number of rotatable bonds is 5. The molecule has 2 aliphatic heterocycles. The van der Waals surface area contributed by atoms with Crippen LogP contribution < -0.4 is 20.1 Å². The highest BCUT2D eigenvalue weighted by Crippen LogP contribution is 2.42. The van der Waals surface area contributed by atoms with E-state index in [2.05, 4.69) is 15.6 Å². The third-order valence-corrected chi connectivity index (χ3v) is 6.17. The lowest BCUT2D eigenvalue weighted by Crippen LogP contribution is -2.46. The fourth-order valence-corrected chi connectivity index (χ4v) is 4.35. The van der Waals surface area contributed by atoms with Gasteiger partial charge < -0.3 is 20.1 Å². The summed E-state index contributed by atoms with van der Waals surface area (Å²) in [5.74, 6) is 0.665. The zero-order valence-electron chi connectivity index (χ0n) is 15.6. The van der Waals surface area contributed by atoms with Gasteiger partial charge in [-0.2, -0.15) is 0 Å². The molecular formula is C19H18N4O5S. The van der Waals surface area contributed by atoms with E-state index in [0.717, 1.165) is 23.3 Å². The Kier molecular flexibility index (Phi) is 3.98. The molecule has 1 aromatic heterocycles. The molecule has 1 saturated carbocycles. The quantitative estimate of drug-likeness (QED) is 0.726. The highest BCUT2D eigenvalue weighted by molar-refractivity contribution is 7.14. The number of ether oxygens (including phenoxy) is 2. The number of aromatic nitrogens is 1. The van der Waals surface area contributed by atoms with Crippen LogP contribution in [0.1, 0.15) is 19.8 Å². The lowest BCUT2D eigenvalue weighted by molar-refractivity contribution is -0.134. The number of hydrogen-bond donors (Lipinski definition) is 2. The number of carbonyl (C=O) groups excluding carboxylic acids is 3. The van der Waals surface area contributed by atoms with Gasteiger partial charge in [0.05, 0.1) is 5.69 Å². The van der Waals surface area contributed by atoms with Crippen molar-refractivity contribution in [1.29, 1.82) is 0 Å². The molecule has 9 nitrogen and oxygen atoms in total. The molecule has 0 bridgehead atoms. The van der Waals surface area contributed by atoms with Crippen LogP contribution >= 0.6 is 11.3 Å². The van der Waals surface area contributed by atoms with Crippen LogP contribution in [0, 0.1) is 5.92 Å². The Morgan fingerprint density at radius 3 is 2.93 bits per heavy atom. The first-order valence-electron chi connectivity index (χ1n) is 9.23. The zero-order valence-corrected chi connectivity index (χ0v) is 16.4. The second kappa shape index (κ2) is 6.45. The molecule has 3 aliphatic rings. The summed E-state index contributed by atoms with van der Waals surface area (Å²) in [6.45, 7) is 1.58. The molecule has 1 aromatic carbocycles. The topological polar surface area (TPSA) is 110 Å². The monoisotopic (exact) mass is 414 g/mol. The van der Waals surface area contributed by atoms with E-state index in [-0.39, 0.29) is 25.2 Å². The molecule has 2 N–H and O–H groups in total. The van der Waals surface area contributed by atoms with Crippen molar-refractivity contribution in [3.05, 3.63) is 23.6 Å². The molecule has 0 unspecified atom stereocenters. The van der Waals surface area contributed by atoms with Gasteiger partial charge in [-0.3, -0.25) is 14.5 Å². The minimum absolute atomic E-state index is 0.148. The molecule has 1 atom stereocenters. The van der Waals surface area contributed by atoms with Gasteiger partial charge in [0.15, 0.2) is 16.6 Å². The second-order valence-electron chi connectivity index (χ2n) is 7.45. The molecule has 1 saturated heterocycles. The van der Waals surface area contributed by atoms with E-state index >= 15 is 0 Å². The molecule has 2 aromatic rings. The average molecular weight is 414 g/mol. The number of nitrogens with zero attached hydrogens (tertiary/aromatic N) is 2. The van der Waals surface area contributed by atoms with E-state index in [9.17, 15) is 14.4 Å². The molecule has 5 rings (SSSR count). The Morgan fingerprint density at radius 2 is 2.14 bits per heavy atom. The summed E-state index contributed by atoms with van der Waals surface area (Å²) in [6, 6.07) is 4.97. The van der Waals surface area contributed by atoms with Crippen molar-refractivity contribution in [3.63, 3.8) is 0 Å². The molecule has 10 heteroatoms. The van der Waals surface area contributed by atoms with Crippen molar-refractivity contribution < 1.29 is 23.9 Å². The van der Waals surface area contributed by atoms with Gasteiger partial charge >= 0.3 is 6.03 Å². The van der Waals surface area contributed by atoms with Crippen LogP contribution in [-0.2, 0) is 9.59 Å². The third kappa shape index (κ3) is 3.09. The van der Waals surface area contributed by atoms with Crippen LogP contribution in [0.15, 0.2) is 23.6 Å². The van der Waals surface area contributed by atoms with Crippen LogP contribution in [0.3, 0.4) is 0 Å². The Bertz CT molecular complexity index is 1030. The van der Waals surface area contributed by atoms with Crippen molar-refractivity contribution in [2.45, 2.75) is 25.3 Å². The highest BCUT2D eigenvalue weighted by Gasteiger charge is 2.56. The summed E-state index contributed by atoms with van der Waals surface area (Å²) in [4.78, 5) is 42.6. The number of urea groups is 1. The number of carbonyl (C=O) groups is 3. The fourth-order valence-electron chi connectivity index (χ4n) is 3.62. The molecule has 0 radical (unpaired) electrons. The number of imide groups is 1. The number of amides is 4. The summed E-state index contributed by atoms with van der Waals surface area (Å²) in [6.07, 6.45) is 1.81. The number of anilines is 1. The van der Waals surface area contributed by atoms with Crippen LogP contribution in [0.25, 0.3) is 11.3 Å². The smallest absolute Gasteiger partial charge is 0.325 e. The summed E-state index contributed by atoms with van der Waals surface area (Å²) in [5.41, 5.74) is 0.616. The van der Waals surface area contributed by atoms with E-state index in [4.69, 9.17) is 9.47 Å². The summed E-state index contributed by atoms with van der Waals surface area (Å²) >= 11 is 1.26. The third-order valence-electron chi connectivity index (χ3n) is 5.42. The van der Waals surface area contributed by atoms with E-state index < -0.39 is 17.5 Å². The number of fused-ring (bicyclic) bond motifs is 1. The van der Waals surface area contributed by atoms with Crippen LogP contribution in [0.2, 0.25) is 0 Å². The fraction of sp³-hybridized carbons (Fsp3) is 0.368. The first-order chi connectivity index (χ1) is 13.9. The predicted octanol–water partition coefficient (Wildman–Crippen LogP) is 2.20. The van der Waals surface area contributed by atoms with Crippen molar-refractivity contribution in [1.82, 2.24) is 15.2 Å². The Labute approximate surface area is 170 Å². The largest absolute Gasteiger partial charge is 0.454 e. The van der Waals surface area contributed by atoms with Crippen molar-refractivity contribution >= 4 is 34.3 Å². The van der Waals surface area contributed by atoms with E-state index in [1.165, 1.54) is 11.3 Å². The van der Waals surface area contributed by atoms with Crippen LogP contribution in [0.4, 0.5) is 9.93 Å². The first kappa shape index (κ1) is 17.9. The number of hydrogen-bond acceptors (Lipinski definition) is 7. The molecule has 150 valence electrons. The molecule has 0 spiro atoms. The van der Waals surface area contributed by atoms with Gasteiger partial charge in [-0.05, 0) is 43.9 Å². The average Bonchev–Trinajstić information content (AvgIpc) is 3.21. The Morgan fingerprint density at radius 1 is 1.34 bits per heavy atom. The van der Waals surface area contributed by atoms with Crippen molar-refractivity contribution in [3.8, 4) is 22.8 Å². The minimum Gasteiger partial charge on any atom is -0.454 e. The van der Waals surface area contributed by atoms with Gasteiger partial charge in [0.25, 0.3) is 5.91 Å². The summed E-state index contributed by atoms with van der Waals surface area (Å²) in [5, 5.41) is 7.59. The van der Waals surface area contributed by atoms with Gasteiger partial charge in [-0.15, -0.1) is 11.3 Å². The SMILES string of the molecule is C[C@@]1(C2CC2)NC(=O)N(CC(=O)Nc2nc(-c3ccc4c(c3)OCO4)cs2)C1=O. The maximum atomic E-state index is 12.6. The van der Waals surface area contributed by atoms with Crippen molar-refractivity contribution in [2.24, 2.45) is 5.92 Å². The van der Waals surface area contributed by atoms with Crippen LogP contribution in [-0.4, -0.2) is 46.6 Å². The van der Waals surface area contributed by atoms with E-state index in [0.29, 0.717) is 22.3 Å². The van der Waals surface area contributed by atoms with E-state index in [1.54, 1.807) is 6.92 Å².